The van der Waals surface area contributed by atoms with Gasteiger partial charge in [-0.1, -0.05) is 6.92 Å². The molecular weight excluding hydrogens is 242 g/mol. The molecule has 3 unspecified atom stereocenters. The quantitative estimate of drug-likeness (QED) is 0.606. The van der Waals surface area contributed by atoms with Gasteiger partial charge in [-0.3, -0.25) is 16.3 Å². The lowest BCUT2D eigenvalue weighted by Crippen LogP contribution is -2.36. The van der Waals surface area contributed by atoms with Gasteiger partial charge in [-0.15, -0.1) is 0 Å². The number of rotatable bonds is 6. The molecule has 0 radical (unpaired) electrons. The molecule has 5 heteroatoms. The first kappa shape index (κ1) is 14.2. The molecule has 3 N–H and O–H groups in total. The highest BCUT2D eigenvalue weighted by molar-refractivity contribution is 5.26. The Morgan fingerprint density at radius 1 is 1.58 bits per heavy atom. The highest BCUT2D eigenvalue weighted by atomic mass is 16.5. The van der Waals surface area contributed by atoms with Gasteiger partial charge in [-0.25, -0.2) is 0 Å². The first-order valence-electron chi connectivity index (χ1n) is 6.91. The van der Waals surface area contributed by atoms with Crippen LogP contribution in [0.5, 0.6) is 5.75 Å². The summed E-state index contributed by atoms with van der Waals surface area (Å²) in [5.41, 5.74) is 3.95. The molecule has 0 aromatic carbocycles. The second-order valence-corrected chi connectivity index (χ2v) is 4.98. The second-order valence-electron chi connectivity index (χ2n) is 4.98. The van der Waals surface area contributed by atoms with Crippen molar-refractivity contribution < 1.29 is 9.47 Å². The lowest BCUT2D eigenvalue weighted by atomic mass is 9.89. The minimum absolute atomic E-state index is 0.0511. The number of ether oxygens (including phenoxy) is 2. The Bertz CT molecular complexity index is 400. The summed E-state index contributed by atoms with van der Waals surface area (Å²) in [4.78, 5) is 4.24. The van der Waals surface area contributed by atoms with Crippen molar-refractivity contribution in [2.24, 2.45) is 11.8 Å². The minimum Gasteiger partial charge on any atom is -0.492 e. The van der Waals surface area contributed by atoms with E-state index in [9.17, 15) is 0 Å². The lowest BCUT2D eigenvalue weighted by Gasteiger charge is -2.25. The van der Waals surface area contributed by atoms with Crippen LogP contribution < -0.4 is 16.0 Å². The van der Waals surface area contributed by atoms with E-state index in [1.54, 1.807) is 6.20 Å². The average Bonchev–Trinajstić information content (AvgIpc) is 2.84. The molecule has 1 saturated heterocycles. The molecule has 3 atom stereocenters. The van der Waals surface area contributed by atoms with Gasteiger partial charge < -0.3 is 9.47 Å². The fraction of sp³-hybridized carbons (Fsp3) is 0.643. The van der Waals surface area contributed by atoms with E-state index in [2.05, 4.69) is 24.3 Å². The number of nitrogens with one attached hydrogen (secondary N) is 1. The van der Waals surface area contributed by atoms with Gasteiger partial charge in [-0.2, -0.15) is 0 Å². The fourth-order valence-corrected chi connectivity index (χ4v) is 2.56. The third-order valence-corrected chi connectivity index (χ3v) is 3.61. The number of hydrogen-bond acceptors (Lipinski definition) is 5. The third kappa shape index (κ3) is 3.43. The molecule has 0 spiro atoms. The molecule has 0 amide bonds. The van der Waals surface area contributed by atoms with Crippen molar-refractivity contribution in [1.82, 2.24) is 10.4 Å². The largest absolute Gasteiger partial charge is 0.492 e. The van der Waals surface area contributed by atoms with Crippen LogP contribution >= 0.6 is 0 Å². The molecule has 5 nitrogen and oxygen atoms in total. The predicted octanol–water partition coefficient (Wildman–Crippen LogP) is 1.80. The van der Waals surface area contributed by atoms with E-state index >= 15 is 0 Å². The van der Waals surface area contributed by atoms with Gasteiger partial charge in [0.15, 0.2) is 0 Å². The van der Waals surface area contributed by atoms with Gasteiger partial charge in [0.2, 0.25) is 0 Å². The molecule has 1 aromatic heterocycles. The highest BCUT2D eigenvalue weighted by Crippen LogP contribution is 2.33. The highest BCUT2D eigenvalue weighted by Gasteiger charge is 2.32. The van der Waals surface area contributed by atoms with Crippen LogP contribution in [-0.2, 0) is 4.74 Å². The Balaban J connectivity index is 2.13. The summed E-state index contributed by atoms with van der Waals surface area (Å²) in [5.74, 6) is 6.89. The van der Waals surface area contributed by atoms with Crippen molar-refractivity contribution in [3.05, 3.63) is 24.0 Å². The van der Waals surface area contributed by atoms with Crippen LogP contribution in [0.1, 0.15) is 38.3 Å². The van der Waals surface area contributed by atoms with Gasteiger partial charge in [0, 0.05) is 18.7 Å². The van der Waals surface area contributed by atoms with E-state index in [1.807, 2.05) is 12.3 Å². The number of pyridine rings is 1. The molecule has 19 heavy (non-hydrogen) atoms. The van der Waals surface area contributed by atoms with E-state index < -0.39 is 0 Å². The Morgan fingerprint density at radius 2 is 2.42 bits per heavy atom. The van der Waals surface area contributed by atoms with Crippen LogP contribution in [0.4, 0.5) is 0 Å². The summed E-state index contributed by atoms with van der Waals surface area (Å²) in [6.45, 7) is 5.67. The summed E-state index contributed by atoms with van der Waals surface area (Å²) in [6, 6.07) is 2.06. The minimum atomic E-state index is 0.0511. The Morgan fingerprint density at radius 3 is 3.05 bits per heavy atom. The van der Waals surface area contributed by atoms with Crippen LogP contribution in [-0.4, -0.2) is 24.3 Å². The molecule has 2 rings (SSSR count). The van der Waals surface area contributed by atoms with Crippen molar-refractivity contribution in [3.8, 4) is 5.75 Å². The SMILES string of the molecule is CCCOc1cncc(C(NN)C2CCOC2C)c1. The molecule has 106 valence electrons. The molecule has 2 heterocycles. The molecule has 1 aliphatic heterocycles. The number of hydrazine groups is 1. The third-order valence-electron chi connectivity index (χ3n) is 3.61. The van der Waals surface area contributed by atoms with E-state index in [0.717, 1.165) is 30.8 Å². The summed E-state index contributed by atoms with van der Waals surface area (Å²) in [6.07, 6.45) is 5.78. The lowest BCUT2D eigenvalue weighted by molar-refractivity contribution is 0.0953. The first-order chi connectivity index (χ1) is 9.26. The monoisotopic (exact) mass is 265 g/mol. The van der Waals surface area contributed by atoms with Crippen molar-refractivity contribution in [3.63, 3.8) is 0 Å². The average molecular weight is 265 g/mol. The van der Waals surface area contributed by atoms with E-state index in [1.165, 1.54) is 0 Å². The molecule has 0 saturated carbocycles. The zero-order valence-corrected chi connectivity index (χ0v) is 11.6. The van der Waals surface area contributed by atoms with Gasteiger partial charge in [0.05, 0.1) is 24.9 Å². The van der Waals surface area contributed by atoms with Crippen molar-refractivity contribution >= 4 is 0 Å². The summed E-state index contributed by atoms with van der Waals surface area (Å²) < 4.78 is 11.2. The van der Waals surface area contributed by atoms with Crippen molar-refractivity contribution in [2.75, 3.05) is 13.2 Å². The second kappa shape index (κ2) is 6.84. The maximum Gasteiger partial charge on any atom is 0.137 e. The van der Waals surface area contributed by atoms with Crippen LogP contribution in [0.15, 0.2) is 18.5 Å². The van der Waals surface area contributed by atoms with Gasteiger partial charge in [0.25, 0.3) is 0 Å². The molecule has 1 fully saturated rings. The topological polar surface area (TPSA) is 69.4 Å². The van der Waals surface area contributed by atoms with E-state index in [0.29, 0.717) is 12.5 Å². The zero-order chi connectivity index (χ0) is 13.7. The standard InChI is InChI=1S/C14H23N3O2/c1-3-5-19-12-7-11(8-16-9-12)14(17-15)13-4-6-18-10(13)2/h7-10,13-14,17H,3-6,15H2,1-2H3. The number of aromatic nitrogens is 1. The summed E-state index contributed by atoms with van der Waals surface area (Å²) in [7, 11) is 0. The van der Waals surface area contributed by atoms with Crippen molar-refractivity contribution in [2.45, 2.75) is 38.8 Å². The zero-order valence-electron chi connectivity index (χ0n) is 11.6. The molecular formula is C14H23N3O2. The van der Waals surface area contributed by atoms with Crippen molar-refractivity contribution in [1.29, 1.82) is 0 Å². The predicted molar refractivity (Wildman–Crippen MR) is 73.6 cm³/mol. The summed E-state index contributed by atoms with van der Waals surface area (Å²) in [5, 5.41) is 0. The first-order valence-corrected chi connectivity index (χ1v) is 6.91. The van der Waals surface area contributed by atoms with Crippen LogP contribution in [0, 0.1) is 5.92 Å². The van der Waals surface area contributed by atoms with Crippen LogP contribution in [0.2, 0.25) is 0 Å². The Labute approximate surface area is 114 Å². The normalized spacial score (nSPS) is 24.4. The smallest absolute Gasteiger partial charge is 0.137 e. The van der Waals surface area contributed by atoms with Gasteiger partial charge >= 0.3 is 0 Å². The maximum atomic E-state index is 5.72. The fourth-order valence-electron chi connectivity index (χ4n) is 2.56. The number of nitrogens with two attached hydrogens (primary N) is 1. The van der Waals surface area contributed by atoms with Crippen LogP contribution in [0.3, 0.4) is 0 Å². The summed E-state index contributed by atoms with van der Waals surface area (Å²) >= 11 is 0. The Hall–Kier alpha value is -1.17. The van der Waals surface area contributed by atoms with Gasteiger partial charge in [-0.05, 0) is 31.4 Å². The van der Waals surface area contributed by atoms with E-state index in [4.69, 9.17) is 15.3 Å². The maximum absolute atomic E-state index is 5.72. The van der Waals surface area contributed by atoms with Crippen LogP contribution in [0.25, 0.3) is 0 Å². The molecule has 0 bridgehead atoms. The molecule has 1 aromatic rings. The van der Waals surface area contributed by atoms with Gasteiger partial charge in [0.1, 0.15) is 5.75 Å². The molecule has 0 aliphatic carbocycles. The Kier molecular flexibility index (Phi) is 5.13. The number of hydrogen-bond donors (Lipinski definition) is 2. The van der Waals surface area contributed by atoms with E-state index in [-0.39, 0.29) is 12.1 Å². The number of nitrogens with zero attached hydrogens (tertiary/aromatic N) is 1. The molecule has 1 aliphatic rings.